The van der Waals surface area contributed by atoms with E-state index in [-0.39, 0.29) is 24.2 Å². The molecule has 0 bridgehead atoms. The van der Waals surface area contributed by atoms with Gasteiger partial charge in [-0.25, -0.2) is 4.99 Å². The predicted molar refractivity (Wildman–Crippen MR) is 146 cm³/mol. The topological polar surface area (TPSA) is 177 Å². The number of hydrogen-bond donors (Lipinski definition) is 3. The Morgan fingerprint density at radius 2 is 1.59 bits per heavy atom. The van der Waals surface area contributed by atoms with E-state index in [9.17, 15) is 28.9 Å². The number of rotatable bonds is 12. The fourth-order valence-electron chi connectivity index (χ4n) is 3.86. The highest BCUT2D eigenvalue weighted by Gasteiger charge is 2.28. The average molecular weight is 530 g/mol. The first-order valence-electron chi connectivity index (χ1n) is 12.1. The number of aliphatic imine (C=N–C) groups is 1. The highest BCUT2D eigenvalue weighted by Crippen LogP contribution is 2.20. The highest BCUT2D eigenvalue weighted by atomic mass is 16.3. The smallest absolute Gasteiger partial charge is 0.293 e. The molecule has 0 saturated carbocycles. The molecule has 39 heavy (non-hydrogen) atoms. The van der Waals surface area contributed by atoms with Crippen LogP contribution in [0, 0.1) is 4.91 Å². The second-order valence-corrected chi connectivity index (χ2v) is 8.66. The number of benzene rings is 3. The van der Waals surface area contributed by atoms with Gasteiger partial charge in [-0.15, -0.1) is 4.91 Å². The Bertz CT molecular complexity index is 1470. The van der Waals surface area contributed by atoms with E-state index in [0.29, 0.717) is 18.4 Å². The van der Waals surface area contributed by atoms with Crippen LogP contribution in [0.5, 0.6) is 0 Å². The second kappa shape index (κ2) is 13.5. The van der Waals surface area contributed by atoms with Crippen molar-refractivity contribution < 1.29 is 24.0 Å². The van der Waals surface area contributed by atoms with Gasteiger partial charge in [0.05, 0.1) is 17.3 Å². The summed E-state index contributed by atoms with van der Waals surface area (Å²) in [5.74, 6) is -4.60. The number of ketones is 3. The molecule has 0 aliphatic rings. The van der Waals surface area contributed by atoms with Gasteiger partial charge >= 0.3 is 0 Å². The third-order valence-electron chi connectivity index (χ3n) is 5.87. The van der Waals surface area contributed by atoms with Gasteiger partial charge in [0, 0.05) is 24.2 Å². The number of nitrogens with zero attached hydrogens (tertiary/aromatic N) is 2. The van der Waals surface area contributed by atoms with Crippen LogP contribution < -0.4 is 16.4 Å². The van der Waals surface area contributed by atoms with Crippen LogP contribution >= 0.6 is 0 Å². The zero-order valence-corrected chi connectivity index (χ0v) is 21.2. The maximum absolute atomic E-state index is 13.0. The first-order chi connectivity index (χ1) is 18.7. The standard InChI is InChI=1S/C28H27N5O6/c1-17(34)24(35)23(12-6-7-15-30-28(29)33-39)32-27(38)25(36)21-10-4-5-11-22(21)31-26(37)20-14-13-18-8-2-3-9-19(18)16-20/h2-5,8-11,13-14,16,23H,6-7,12,15H2,1H3,(H2,29,30)(H,31,37)(H,32,38). The quantitative estimate of drug-likeness (QED) is 0.0805. The van der Waals surface area contributed by atoms with Crippen LogP contribution in [0.15, 0.2) is 76.9 Å². The number of guanidine groups is 1. The fraction of sp³-hybridized carbons (Fsp3) is 0.214. The zero-order valence-electron chi connectivity index (χ0n) is 21.2. The van der Waals surface area contributed by atoms with Gasteiger partial charge in [-0.05, 0) is 54.3 Å². The van der Waals surface area contributed by atoms with Gasteiger partial charge in [0.1, 0.15) is 0 Å². The molecule has 3 aromatic carbocycles. The third kappa shape index (κ3) is 7.71. The van der Waals surface area contributed by atoms with Gasteiger partial charge in [-0.1, -0.05) is 42.5 Å². The SMILES string of the molecule is CC(=O)C(=O)C(CCCCN=C(N)N=O)NC(=O)C(=O)c1ccccc1NC(=O)c1ccc2ccccc2c1. The van der Waals surface area contributed by atoms with E-state index < -0.39 is 41.2 Å². The minimum absolute atomic E-state index is 0.0573. The minimum Gasteiger partial charge on any atom is -0.365 e. The van der Waals surface area contributed by atoms with E-state index in [0.717, 1.165) is 17.7 Å². The maximum atomic E-state index is 13.0. The molecule has 11 heteroatoms. The van der Waals surface area contributed by atoms with Crippen molar-refractivity contribution in [3.05, 3.63) is 82.8 Å². The summed E-state index contributed by atoms with van der Waals surface area (Å²) in [5, 5.41) is 9.31. The molecule has 0 radical (unpaired) electrons. The zero-order chi connectivity index (χ0) is 28.4. The largest absolute Gasteiger partial charge is 0.365 e. The molecule has 0 aliphatic heterocycles. The van der Waals surface area contributed by atoms with E-state index in [4.69, 9.17) is 5.73 Å². The van der Waals surface area contributed by atoms with Crippen LogP contribution in [0.4, 0.5) is 5.69 Å². The molecular formula is C28H27N5O6. The van der Waals surface area contributed by atoms with Crippen molar-refractivity contribution in [2.24, 2.45) is 15.9 Å². The summed E-state index contributed by atoms with van der Waals surface area (Å²) >= 11 is 0. The number of fused-ring (bicyclic) bond motifs is 1. The molecule has 0 fully saturated rings. The number of anilines is 1. The third-order valence-corrected chi connectivity index (χ3v) is 5.87. The van der Waals surface area contributed by atoms with Crippen molar-refractivity contribution in [3.8, 4) is 0 Å². The summed E-state index contributed by atoms with van der Waals surface area (Å²) in [6.07, 6.45) is 0.791. The molecule has 0 aliphatic carbocycles. The van der Waals surface area contributed by atoms with Crippen LogP contribution in [0.1, 0.15) is 46.9 Å². The number of hydrogen-bond acceptors (Lipinski definition) is 7. The first kappa shape index (κ1) is 28.5. The van der Waals surface area contributed by atoms with Crippen LogP contribution in [0.2, 0.25) is 0 Å². The lowest BCUT2D eigenvalue weighted by Crippen LogP contribution is -2.46. The highest BCUT2D eigenvalue weighted by molar-refractivity contribution is 6.45. The van der Waals surface area contributed by atoms with Gasteiger partial charge in [-0.2, -0.15) is 0 Å². The average Bonchev–Trinajstić information content (AvgIpc) is 2.95. The van der Waals surface area contributed by atoms with Crippen molar-refractivity contribution >= 4 is 51.6 Å². The van der Waals surface area contributed by atoms with Crippen molar-refractivity contribution in [2.75, 3.05) is 11.9 Å². The Morgan fingerprint density at radius 1 is 0.897 bits per heavy atom. The first-order valence-corrected chi connectivity index (χ1v) is 12.1. The Morgan fingerprint density at radius 3 is 2.31 bits per heavy atom. The molecule has 200 valence electrons. The molecule has 0 saturated heterocycles. The summed E-state index contributed by atoms with van der Waals surface area (Å²) in [7, 11) is 0. The number of nitroso groups, excluding NO2 is 1. The minimum atomic E-state index is -1.23. The number of Topliss-reactive ketones (excluding diaryl/α,β-unsaturated/α-hetero) is 3. The Hall–Kier alpha value is -5.06. The van der Waals surface area contributed by atoms with Crippen LogP contribution in [0.3, 0.4) is 0 Å². The lowest BCUT2D eigenvalue weighted by molar-refractivity contribution is -0.137. The molecule has 11 nitrogen and oxygen atoms in total. The molecule has 0 heterocycles. The number of unbranched alkanes of at least 4 members (excludes halogenated alkanes) is 1. The molecule has 0 aromatic heterocycles. The van der Waals surface area contributed by atoms with E-state index in [1.54, 1.807) is 24.3 Å². The van der Waals surface area contributed by atoms with Crippen molar-refractivity contribution in [2.45, 2.75) is 32.2 Å². The summed E-state index contributed by atoms with van der Waals surface area (Å²) in [6, 6.07) is 17.5. The second-order valence-electron chi connectivity index (χ2n) is 8.66. The van der Waals surface area contributed by atoms with Crippen molar-refractivity contribution in [1.82, 2.24) is 5.32 Å². The molecule has 3 rings (SSSR count). The van der Waals surface area contributed by atoms with E-state index in [2.05, 4.69) is 20.8 Å². The van der Waals surface area contributed by atoms with Crippen LogP contribution in [-0.2, 0) is 14.4 Å². The van der Waals surface area contributed by atoms with Gasteiger partial charge in [-0.3, -0.25) is 24.0 Å². The summed E-state index contributed by atoms with van der Waals surface area (Å²) in [5.41, 5.74) is 5.61. The molecule has 1 unspecified atom stereocenters. The fourth-order valence-corrected chi connectivity index (χ4v) is 3.86. The number of nitrogens with one attached hydrogen (secondary N) is 2. The lowest BCUT2D eigenvalue weighted by atomic mass is 10.0. The number of nitrogens with two attached hydrogens (primary N) is 1. The maximum Gasteiger partial charge on any atom is 0.293 e. The summed E-state index contributed by atoms with van der Waals surface area (Å²) < 4.78 is 0. The van der Waals surface area contributed by atoms with E-state index >= 15 is 0 Å². The van der Waals surface area contributed by atoms with Gasteiger partial charge in [0.2, 0.25) is 5.78 Å². The van der Waals surface area contributed by atoms with Gasteiger partial charge < -0.3 is 16.4 Å². The lowest BCUT2D eigenvalue weighted by Gasteiger charge is -2.16. The van der Waals surface area contributed by atoms with Crippen molar-refractivity contribution in [1.29, 1.82) is 0 Å². The normalized spacial score (nSPS) is 11.9. The van der Waals surface area contributed by atoms with Crippen LogP contribution in [0.25, 0.3) is 10.8 Å². The molecule has 0 spiro atoms. The number of carbonyl (C=O) groups is 5. The Kier molecular flexibility index (Phi) is 9.85. The Labute approximate surface area is 223 Å². The summed E-state index contributed by atoms with van der Waals surface area (Å²) in [4.78, 5) is 76.8. The summed E-state index contributed by atoms with van der Waals surface area (Å²) in [6.45, 7) is 1.23. The number of para-hydroxylation sites is 1. The molecule has 2 amide bonds. The van der Waals surface area contributed by atoms with E-state index in [1.165, 1.54) is 18.2 Å². The molecule has 1 atom stereocenters. The van der Waals surface area contributed by atoms with Crippen molar-refractivity contribution in [3.63, 3.8) is 0 Å². The van der Waals surface area contributed by atoms with E-state index in [1.807, 2.05) is 24.3 Å². The Balaban J connectivity index is 1.71. The van der Waals surface area contributed by atoms with Gasteiger partial charge in [0.15, 0.2) is 5.78 Å². The predicted octanol–water partition coefficient (Wildman–Crippen LogP) is 3.17. The molecule has 4 N–H and O–H groups in total. The van der Waals surface area contributed by atoms with Crippen LogP contribution in [-0.4, -0.2) is 47.7 Å². The number of carbonyl (C=O) groups excluding carboxylic acids is 5. The monoisotopic (exact) mass is 529 g/mol. The molecular weight excluding hydrogens is 502 g/mol. The molecule has 3 aromatic rings. The number of amides is 2. The van der Waals surface area contributed by atoms with Gasteiger partial charge in [0.25, 0.3) is 23.6 Å².